The smallest absolute Gasteiger partial charge is 0.328 e. The summed E-state index contributed by atoms with van der Waals surface area (Å²) in [6, 6.07) is 4.42. The van der Waals surface area contributed by atoms with Crippen LogP contribution < -0.4 is 10.6 Å². The van der Waals surface area contributed by atoms with Gasteiger partial charge >= 0.3 is 12.0 Å². The van der Waals surface area contributed by atoms with Crippen LogP contribution in [0.15, 0.2) is 24.4 Å². The summed E-state index contributed by atoms with van der Waals surface area (Å²) in [6.45, 7) is 4.26. The van der Waals surface area contributed by atoms with Crippen LogP contribution in [-0.2, 0) is 16.1 Å². The van der Waals surface area contributed by atoms with E-state index in [4.69, 9.17) is 0 Å². The fourth-order valence-corrected chi connectivity index (χ4v) is 1.71. The van der Waals surface area contributed by atoms with Gasteiger partial charge in [0.1, 0.15) is 6.04 Å². The van der Waals surface area contributed by atoms with Crippen LogP contribution in [0.3, 0.4) is 0 Å². The third-order valence-electron chi connectivity index (χ3n) is 2.65. The maximum Gasteiger partial charge on any atom is 0.328 e. The van der Waals surface area contributed by atoms with Crippen LogP contribution in [0.2, 0.25) is 0 Å². The second kappa shape index (κ2) is 8.14. The summed E-state index contributed by atoms with van der Waals surface area (Å²) in [6.07, 6.45) is 2.19. The summed E-state index contributed by atoms with van der Waals surface area (Å²) in [5.41, 5.74) is 0.751. The minimum atomic E-state index is -0.635. The number of amides is 2. The monoisotopic (exact) mass is 279 g/mol. The van der Waals surface area contributed by atoms with Gasteiger partial charge in [-0.15, -0.1) is 0 Å². The van der Waals surface area contributed by atoms with Crippen molar-refractivity contribution in [1.29, 1.82) is 0 Å². The molecule has 0 spiro atoms. The van der Waals surface area contributed by atoms with Crippen LogP contribution in [0.5, 0.6) is 0 Å². The van der Waals surface area contributed by atoms with Gasteiger partial charge in [-0.05, 0) is 24.5 Å². The van der Waals surface area contributed by atoms with E-state index in [1.54, 1.807) is 12.3 Å². The molecule has 6 heteroatoms. The first-order valence-electron chi connectivity index (χ1n) is 6.55. The molecule has 0 aliphatic heterocycles. The molecule has 2 N–H and O–H groups in total. The Labute approximate surface area is 118 Å². The largest absolute Gasteiger partial charge is 0.467 e. The summed E-state index contributed by atoms with van der Waals surface area (Å²) in [7, 11) is 1.31. The highest BCUT2D eigenvalue weighted by Gasteiger charge is 2.22. The van der Waals surface area contributed by atoms with E-state index in [9.17, 15) is 9.59 Å². The van der Waals surface area contributed by atoms with Crippen LogP contribution in [0.1, 0.15) is 26.0 Å². The van der Waals surface area contributed by atoms with Gasteiger partial charge < -0.3 is 15.4 Å². The number of pyridine rings is 1. The topological polar surface area (TPSA) is 80.3 Å². The van der Waals surface area contributed by atoms with Crippen LogP contribution in [0.25, 0.3) is 0 Å². The second-order valence-electron chi connectivity index (χ2n) is 4.85. The number of esters is 1. The van der Waals surface area contributed by atoms with E-state index in [0.29, 0.717) is 13.0 Å². The van der Waals surface area contributed by atoms with Crippen LogP contribution in [0, 0.1) is 5.92 Å². The molecule has 1 atom stereocenters. The fourth-order valence-electron chi connectivity index (χ4n) is 1.71. The van der Waals surface area contributed by atoms with Crippen molar-refractivity contribution in [2.45, 2.75) is 32.9 Å². The molecule has 0 aliphatic rings. The lowest BCUT2D eigenvalue weighted by Crippen LogP contribution is -2.46. The Bertz CT molecular complexity index is 435. The summed E-state index contributed by atoms with van der Waals surface area (Å²) in [5, 5.41) is 5.28. The molecule has 1 aromatic heterocycles. The Morgan fingerprint density at radius 1 is 1.35 bits per heavy atom. The number of hydrogen-bond acceptors (Lipinski definition) is 4. The molecule has 0 radical (unpaired) electrons. The van der Waals surface area contributed by atoms with Gasteiger partial charge in [-0.1, -0.05) is 19.9 Å². The molecule has 1 rings (SSSR count). The molecule has 20 heavy (non-hydrogen) atoms. The Hall–Kier alpha value is -2.11. The molecule has 1 aromatic rings. The number of carbonyl (C=O) groups is 2. The molecule has 0 aliphatic carbocycles. The highest BCUT2D eigenvalue weighted by Crippen LogP contribution is 2.06. The van der Waals surface area contributed by atoms with E-state index >= 15 is 0 Å². The molecule has 0 saturated carbocycles. The molecule has 1 heterocycles. The molecule has 0 aromatic carbocycles. The van der Waals surface area contributed by atoms with E-state index in [1.807, 2.05) is 26.0 Å². The second-order valence-corrected chi connectivity index (χ2v) is 4.85. The third kappa shape index (κ3) is 5.69. The SMILES string of the molecule is COC(=O)C(CC(C)C)NC(=O)NCc1ccccn1. The number of ether oxygens (including phenoxy) is 1. The van der Waals surface area contributed by atoms with Crippen LogP contribution in [-0.4, -0.2) is 30.1 Å². The molecular formula is C14H21N3O3. The number of aromatic nitrogens is 1. The van der Waals surface area contributed by atoms with E-state index in [1.165, 1.54) is 7.11 Å². The lowest BCUT2D eigenvalue weighted by Gasteiger charge is -2.18. The van der Waals surface area contributed by atoms with Gasteiger partial charge in [0.2, 0.25) is 0 Å². The molecule has 2 amide bonds. The third-order valence-corrected chi connectivity index (χ3v) is 2.65. The summed E-state index contributed by atoms with van der Waals surface area (Å²) in [5.74, 6) is -0.165. The summed E-state index contributed by atoms with van der Waals surface area (Å²) < 4.78 is 4.68. The predicted molar refractivity (Wildman–Crippen MR) is 74.9 cm³/mol. The van der Waals surface area contributed by atoms with E-state index in [2.05, 4.69) is 20.4 Å². The Morgan fingerprint density at radius 3 is 2.65 bits per heavy atom. The Kier molecular flexibility index (Phi) is 6.49. The van der Waals surface area contributed by atoms with Crippen molar-refractivity contribution in [3.05, 3.63) is 30.1 Å². The van der Waals surface area contributed by atoms with Gasteiger partial charge in [0.15, 0.2) is 0 Å². The zero-order valence-electron chi connectivity index (χ0n) is 12.1. The summed E-state index contributed by atoms with van der Waals surface area (Å²) in [4.78, 5) is 27.4. The molecule has 110 valence electrons. The molecule has 1 unspecified atom stereocenters. The zero-order valence-corrected chi connectivity index (χ0v) is 12.1. The fraction of sp³-hybridized carbons (Fsp3) is 0.500. The van der Waals surface area contributed by atoms with Crippen molar-refractivity contribution in [2.75, 3.05) is 7.11 Å². The van der Waals surface area contributed by atoms with Gasteiger partial charge in [0.25, 0.3) is 0 Å². The first-order chi connectivity index (χ1) is 9.52. The first kappa shape index (κ1) is 15.9. The van der Waals surface area contributed by atoms with E-state index in [-0.39, 0.29) is 5.92 Å². The van der Waals surface area contributed by atoms with E-state index in [0.717, 1.165) is 5.69 Å². The van der Waals surface area contributed by atoms with E-state index < -0.39 is 18.0 Å². The van der Waals surface area contributed by atoms with Gasteiger partial charge in [0.05, 0.1) is 19.3 Å². The zero-order chi connectivity index (χ0) is 15.0. The minimum Gasteiger partial charge on any atom is -0.467 e. The van der Waals surface area contributed by atoms with Crippen molar-refractivity contribution in [3.63, 3.8) is 0 Å². The van der Waals surface area contributed by atoms with Gasteiger partial charge in [-0.25, -0.2) is 9.59 Å². The number of methoxy groups -OCH3 is 1. The highest BCUT2D eigenvalue weighted by atomic mass is 16.5. The normalized spacial score (nSPS) is 11.8. The lowest BCUT2D eigenvalue weighted by atomic mass is 10.0. The van der Waals surface area contributed by atoms with Crippen molar-refractivity contribution < 1.29 is 14.3 Å². The number of urea groups is 1. The van der Waals surface area contributed by atoms with Gasteiger partial charge in [-0.2, -0.15) is 0 Å². The molecule has 0 fully saturated rings. The molecule has 0 bridgehead atoms. The summed E-state index contributed by atoms with van der Waals surface area (Å²) >= 11 is 0. The number of carbonyl (C=O) groups excluding carboxylic acids is 2. The first-order valence-corrected chi connectivity index (χ1v) is 6.55. The van der Waals surface area contributed by atoms with Crippen molar-refractivity contribution in [2.24, 2.45) is 5.92 Å². The molecule has 6 nitrogen and oxygen atoms in total. The lowest BCUT2D eigenvalue weighted by molar-refractivity contribution is -0.143. The predicted octanol–water partition coefficient (Wildman–Crippen LogP) is 1.47. The van der Waals surface area contributed by atoms with Crippen molar-refractivity contribution >= 4 is 12.0 Å². The van der Waals surface area contributed by atoms with Gasteiger partial charge in [0, 0.05) is 6.20 Å². The number of rotatable bonds is 6. The molecular weight excluding hydrogens is 258 g/mol. The quantitative estimate of drug-likeness (QED) is 0.773. The van der Waals surface area contributed by atoms with Crippen molar-refractivity contribution in [3.8, 4) is 0 Å². The minimum absolute atomic E-state index is 0.273. The van der Waals surface area contributed by atoms with Crippen molar-refractivity contribution in [1.82, 2.24) is 15.6 Å². The average Bonchev–Trinajstić information content (AvgIpc) is 2.44. The molecule has 0 saturated heterocycles. The average molecular weight is 279 g/mol. The maximum atomic E-state index is 11.8. The number of nitrogens with one attached hydrogen (secondary N) is 2. The van der Waals surface area contributed by atoms with Crippen LogP contribution in [0.4, 0.5) is 4.79 Å². The maximum absolute atomic E-state index is 11.8. The van der Waals surface area contributed by atoms with Crippen LogP contribution >= 0.6 is 0 Å². The standard InChI is InChI=1S/C14H21N3O3/c1-10(2)8-12(13(18)20-3)17-14(19)16-9-11-6-4-5-7-15-11/h4-7,10,12H,8-9H2,1-3H3,(H2,16,17,19). The Morgan fingerprint density at radius 2 is 2.10 bits per heavy atom. The van der Waals surface area contributed by atoms with Gasteiger partial charge in [-0.3, -0.25) is 4.98 Å². The highest BCUT2D eigenvalue weighted by molar-refractivity contribution is 5.83. The number of nitrogens with zero attached hydrogens (tertiary/aromatic N) is 1. The number of hydrogen-bond donors (Lipinski definition) is 2. The Balaban J connectivity index is 2.47.